The van der Waals surface area contributed by atoms with Crippen LogP contribution in [0.1, 0.15) is 145 Å². The number of hydrogen-bond donors (Lipinski definition) is 3. The van der Waals surface area contributed by atoms with Crippen molar-refractivity contribution in [1.29, 1.82) is 0 Å². The van der Waals surface area contributed by atoms with Crippen LogP contribution in [0.4, 0.5) is 4.79 Å². The van der Waals surface area contributed by atoms with Gasteiger partial charge in [-0.2, -0.15) is 0 Å². The number of rotatable bonds is 34. The summed E-state index contributed by atoms with van der Waals surface area (Å²) < 4.78 is 33.2. The number of pyridine rings is 1. The molecule has 390 valence electrons. The van der Waals surface area contributed by atoms with Gasteiger partial charge >= 0.3 is 6.09 Å². The Labute approximate surface area is 423 Å². The molecule has 3 N–H and O–H groups in total. The first-order chi connectivity index (χ1) is 34.9. The van der Waals surface area contributed by atoms with Crippen molar-refractivity contribution in [3.8, 4) is 11.5 Å². The summed E-state index contributed by atoms with van der Waals surface area (Å²) in [6, 6.07) is 21.0. The van der Waals surface area contributed by atoms with Crippen LogP contribution in [0.25, 0.3) is 0 Å². The predicted molar refractivity (Wildman–Crippen MR) is 277 cm³/mol. The third-order valence-electron chi connectivity index (χ3n) is 14.3. The van der Waals surface area contributed by atoms with Gasteiger partial charge in [-0.05, 0) is 92.3 Å². The number of benzene rings is 2. The van der Waals surface area contributed by atoms with Gasteiger partial charge in [0.05, 0.1) is 50.4 Å². The quantitative estimate of drug-likeness (QED) is 0.0297. The summed E-state index contributed by atoms with van der Waals surface area (Å²) in [6.07, 6.45) is 19.9. The lowest BCUT2D eigenvalue weighted by Crippen LogP contribution is -2.70. The van der Waals surface area contributed by atoms with Gasteiger partial charge in [0, 0.05) is 43.4 Å². The Hall–Kier alpha value is -4.79. The summed E-state index contributed by atoms with van der Waals surface area (Å²) in [5.41, 5.74) is 5.28. The third-order valence-corrected chi connectivity index (χ3v) is 14.3. The van der Waals surface area contributed by atoms with Crippen LogP contribution in [0.5, 0.6) is 11.5 Å². The number of aliphatic hydroxyl groups is 3. The van der Waals surface area contributed by atoms with Crippen LogP contribution in [0.15, 0.2) is 96.2 Å². The van der Waals surface area contributed by atoms with Gasteiger partial charge in [0.2, 0.25) is 5.79 Å². The second kappa shape index (κ2) is 30.3. The first kappa shape index (κ1) is 55.5. The van der Waals surface area contributed by atoms with E-state index < -0.39 is 23.8 Å². The van der Waals surface area contributed by atoms with Gasteiger partial charge in [0.25, 0.3) is 0 Å². The molecule has 1 amide bonds. The molecule has 0 bridgehead atoms. The molecule has 1 aliphatic heterocycles. The molecule has 2 heterocycles. The van der Waals surface area contributed by atoms with Gasteiger partial charge in [0.1, 0.15) is 30.8 Å². The zero-order chi connectivity index (χ0) is 50.1. The van der Waals surface area contributed by atoms with E-state index in [1.807, 2.05) is 67.6 Å². The van der Waals surface area contributed by atoms with Crippen molar-refractivity contribution in [2.24, 2.45) is 22.9 Å². The number of ether oxygens (including phenoxy) is 5. The lowest BCUT2D eigenvalue weighted by Gasteiger charge is -2.59. The number of allylic oxidation sites excluding steroid dienone is 1. The number of aliphatic hydroxyl groups excluding tert-OH is 3. The Morgan fingerprint density at radius 1 is 0.845 bits per heavy atom. The van der Waals surface area contributed by atoms with Crippen LogP contribution in [0, 0.1) is 24.7 Å². The van der Waals surface area contributed by atoms with Crippen LogP contribution in [-0.4, -0.2) is 102 Å². The highest BCUT2D eigenvalue weighted by Crippen LogP contribution is 2.62. The number of carbonyl (C=O) groups excluding carboxylic acids is 1. The highest BCUT2D eigenvalue weighted by atomic mass is 16.7. The zero-order valence-electron chi connectivity index (χ0n) is 42.7. The van der Waals surface area contributed by atoms with Crippen molar-refractivity contribution in [2.75, 3.05) is 52.8 Å². The summed E-state index contributed by atoms with van der Waals surface area (Å²) in [4.78, 5) is 27.5. The van der Waals surface area contributed by atoms with E-state index in [1.165, 1.54) is 44.9 Å². The van der Waals surface area contributed by atoms with E-state index in [9.17, 15) is 20.1 Å². The average Bonchev–Trinajstić information content (AvgIpc) is 3.38. The molecule has 71 heavy (non-hydrogen) atoms. The van der Waals surface area contributed by atoms with Crippen LogP contribution in [0.3, 0.4) is 0 Å². The van der Waals surface area contributed by atoms with E-state index in [-0.39, 0.29) is 90.2 Å². The van der Waals surface area contributed by atoms with E-state index in [0.29, 0.717) is 30.1 Å². The molecule has 3 aliphatic rings. The van der Waals surface area contributed by atoms with Crippen molar-refractivity contribution in [2.45, 2.75) is 154 Å². The minimum absolute atomic E-state index is 0.0342. The minimum atomic E-state index is -1.47. The molecule has 0 radical (unpaired) electrons. The van der Waals surface area contributed by atoms with Crippen LogP contribution < -0.4 is 9.47 Å². The molecule has 3 aromatic rings. The van der Waals surface area contributed by atoms with Gasteiger partial charge in [-0.1, -0.05) is 131 Å². The Kier molecular flexibility index (Phi) is 23.7. The smallest absolute Gasteiger partial charge is 0.410 e. The number of amides is 1. The molecule has 2 aromatic carbocycles. The average molecular weight is 982 g/mol. The van der Waals surface area contributed by atoms with Crippen molar-refractivity contribution >= 4 is 11.8 Å². The van der Waals surface area contributed by atoms with Crippen molar-refractivity contribution in [1.82, 2.24) is 9.88 Å². The summed E-state index contributed by atoms with van der Waals surface area (Å²) in [7, 11) is 0. The number of hydrogen-bond acceptors (Lipinski definition) is 12. The molecule has 0 spiro atoms. The van der Waals surface area contributed by atoms with E-state index in [2.05, 4.69) is 30.6 Å². The first-order valence-corrected chi connectivity index (χ1v) is 26.8. The molecule has 1 saturated carbocycles. The summed E-state index contributed by atoms with van der Waals surface area (Å²) >= 11 is 0. The highest BCUT2D eigenvalue weighted by molar-refractivity contribution is 6.03. The molecular weight excluding hydrogens is 899 g/mol. The maximum absolute atomic E-state index is 14.9. The van der Waals surface area contributed by atoms with Gasteiger partial charge < -0.3 is 43.8 Å². The predicted octanol–water partition coefficient (Wildman–Crippen LogP) is 11.2. The van der Waals surface area contributed by atoms with E-state index in [4.69, 9.17) is 33.7 Å². The van der Waals surface area contributed by atoms with Crippen molar-refractivity contribution in [3.63, 3.8) is 0 Å². The molecule has 1 aromatic heterocycles. The van der Waals surface area contributed by atoms with E-state index in [1.54, 1.807) is 11.0 Å². The number of aryl methyl sites for hydroxylation is 1. The molecule has 1 fully saturated rings. The third kappa shape index (κ3) is 15.9. The molecule has 13 heteroatoms. The Morgan fingerprint density at radius 2 is 1.59 bits per heavy atom. The molecule has 13 nitrogen and oxygen atoms in total. The minimum Gasteiger partial charge on any atom is -0.487 e. The monoisotopic (exact) mass is 982 g/mol. The zero-order valence-corrected chi connectivity index (χ0v) is 42.7. The van der Waals surface area contributed by atoms with Crippen LogP contribution in [0.2, 0.25) is 0 Å². The fourth-order valence-corrected chi connectivity index (χ4v) is 10.9. The first-order valence-electron chi connectivity index (χ1n) is 26.8. The van der Waals surface area contributed by atoms with Gasteiger partial charge in [-0.3, -0.25) is 9.88 Å². The maximum Gasteiger partial charge on any atom is 0.410 e. The number of unbranched alkanes of at least 4 members (excludes halogenated alkanes) is 11. The summed E-state index contributed by atoms with van der Waals surface area (Å²) in [6.45, 7) is 9.62. The molecule has 2 aliphatic carbocycles. The summed E-state index contributed by atoms with van der Waals surface area (Å²) in [5.74, 6) is -0.827. The van der Waals surface area contributed by atoms with Crippen LogP contribution in [-0.2, 0) is 32.3 Å². The van der Waals surface area contributed by atoms with E-state index in [0.717, 1.165) is 73.0 Å². The molecule has 0 saturated heterocycles. The lowest BCUT2D eigenvalue weighted by molar-refractivity contribution is -0.256. The Balaban J connectivity index is 1.44. The second-order valence-corrected chi connectivity index (χ2v) is 19.4. The van der Waals surface area contributed by atoms with Gasteiger partial charge in [0.15, 0.2) is 0 Å². The number of nitrogens with zero attached hydrogens (tertiary/aromatic N) is 3. The lowest BCUT2D eigenvalue weighted by atomic mass is 9.55. The highest BCUT2D eigenvalue weighted by Gasteiger charge is 2.65. The normalized spacial score (nSPS) is 21.7. The topological polar surface area (TPSA) is 162 Å². The Morgan fingerprint density at radius 3 is 2.31 bits per heavy atom. The molecule has 6 atom stereocenters. The molecule has 6 unspecified atom stereocenters. The van der Waals surface area contributed by atoms with Crippen molar-refractivity contribution in [3.05, 3.63) is 114 Å². The molecule has 6 rings (SSSR count). The SMILES string of the molecule is C=CCOC12Oc3ccc(OCc4cccc(C)n4)cc3C3C(CCCCO)C(CCCCO)C=C(C(=NOCc4ccccc4)CC1N(CCOCCO)C(=O)OCCCCCCCCCCCC)C32. The number of carbonyl (C=O) groups is 1. The maximum atomic E-state index is 14.9. The number of aromatic nitrogens is 1. The largest absolute Gasteiger partial charge is 0.487 e. The van der Waals surface area contributed by atoms with Crippen molar-refractivity contribution < 1.29 is 48.6 Å². The van der Waals surface area contributed by atoms with Gasteiger partial charge in [-0.25, -0.2) is 4.79 Å². The number of fused-ring (bicyclic) bond motifs is 2. The van der Waals surface area contributed by atoms with E-state index >= 15 is 0 Å². The number of oxime groups is 1. The fraction of sp³-hybridized carbons (Fsp3) is 0.603. The van der Waals surface area contributed by atoms with Crippen LogP contribution >= 0.6 is 0 Å². The second-order valence-electron chi connectivity index (χ2n) is 19.4. The Bertz CT molecular complexity index is 2100. The molecular formula is C58H83N3O10. The fourth-order valence-electron chi connectivity index (χ4n) is 10.9. The summed E-state index contributed by atoms with van der Waals surface area (Å²) in [5, 5.41) is 34.8. The van der Waals surface area contributed by atoms with Gasteiger partial charge in [-0.15, -0.1) is 6.58 Å². The standard InChI is InChI=1S/C58H83N3O10/c1-4-6-7-8-9-10-11-12-13-21-36-67-57(65)61(31-37-66-38-34-64)54-41-52(60-70-42-45-24-15-14-16-25-45)50-39-46(26-17-19-32-62)49(28-18-20-33-63)55-51-40-48(68-43-47-27-22-23-44(3)59-47)29-30-53(51)71-58(54,56(50)55)69-35-5-2/h5,14-16,22-25,27,29-30,39-40,46,49,54-56,62-64H,2,4,6-13,17-21,26,28,31-38,41-43H2,1,3H3.